The Kier molecular flexibility index (Phi) is 7.18. The van der Waals surface area contributed by atoms with Gasteiger partial charge in [0.05, 0.1) is 22.5 Å². The molecule has 0 saturated heterocycles. The lowest BCUT2D eigenvalue weighted by molar-refractivity contribution is -0.141. The van der Waals surface area contributed by atoms with Crippen LogP contribution in [0, 0.1) is 24.2 Å². The molecule has 0 amide bonds. The van der Waals surface area contributed by atoms with Gasteiger partial charge < -0.3 is 9.30 Å². The van der Waals surface area contributed by atoms with Crippen molar-refractivity contribution < 1.29 is 26.3 Å². The number of nitriles is 1. The van der Waals surface area contributed by atoms with Crippen molar-refractivity contribution in [2.24, 2.45) is 5.92 Å². The van der Waals surface area contributed by atoms with Crippen molar-refractivity contribution in [1.82, 2.24) is 14.5 Å². The van der Waals surface area contributed by atoms with Crippen molar-refractivity contribution >= 4 is 26.6 Å². The first kappa shape index (κ1) is 27.5. The Morgan fingerprint density at radius 2 is 1.95 bits per heavy atom. The number of hydrogen-bond donors (Lipinski definition) is 1. The number of anilines is 1. The lowest BCUT2D eigenvalue weighted by atomic mass is 10.0. The number of benzene rings is 2. The van der Waals surface area contributed by atoms with Gasteiger partial charge in [-0.15, -0.1) is 0 Å². The molecule has 1 fully saturated rings. The number of sulfonamides is 1. The minimum absolute atomic E-state index is 0.0119. The number of rotatable bonds is 9. The van der Waals surface area contributed by atoms with Crippen LogP contribution in [0.2, 0.25) is 0 Å². The Labute approximate surface area is 229 Å². The molecule has 1 N–H and O–H groups in total. The molecule has 0 spiro atoms. The first-order valence-electron chi connectivity index (χ1n) is 12.7. The number of ether oxygens (including phenoxy) is 1. The molecule has 8 nitrogen and oxygen atoms in total. The van der Waals surface area contributed by atoms with E-state index < -0.39 is 27.9 Å². The predicted molar refractivity (Wildman–Crippen MR) is 144 cm³/mol. The first-order valence-corrected chi connectivity index (χ1v) is 14.4. The quantitative estimate of drug-likeness (QED) is 0.242. The molecule has 12 heteroatoms. The van der Waals surface area contributed by atoms with Gasteiger partial charge in [-0.1, -0.05) is 13.0 Å². The fourth-order valence-electron chi connectivity index (χ4n) is 4.68. The van der Waals surface area contributed by atoms with Crippen LogP contribution in [0.15, 0.2) is 48.7 Å². The molecule has 4 aromatic rings. The molecule has 0 atom stereocenters. The summed E-state index contributed by atoms with van der Waals surface area (Å²) in [4.78, 5) is 7.29. The molecule has 1 aliphatic carbocycles. The predicted octanol–water partition coefficient (Wildman–Crippen LogP) is 6.65. The van der Waals surface area contributed by atoms with Crippen LogP contribution in [0.1, 0.15) is 43.0 Å². The smallest absolute Gasteiger partial charge is 0.424 e. The van der Waals surface area contributed by atoms with Crippen LogP contribution >= 0.6 is 0 Å². The topological polar surface area (TPSA) is 110 Å². The Bertz CT molecular complexity index is 1740. The van der Waals surface area contributed by atoms with Gasteiger partial charge in [-0.3, -0.25) is 4.72 Å². The fourth-order valence-corrected chi connectivity index (χ4v) is 5.81. The van der Waals surface area contributed by atoms with Gasteiger partial charge in [0, 0.05) is 35.4 Å². The maximum Gasteiger partial charge on any atom is 0.433 e. The van der Waals surface area contributed by atoms with E-state index >= 15 is 0 Å². The van der Waals surface area contributed by atoms with Gasteiger partial charge in [0.2, 0.25) is 10.0 Å². The average molecular weight is 570 g/mol. The third-order valence-electron chi connectivity index (χ3n) is 6.65. The third kappa shape index (κ3) is 5.74. The van der Waals surface area contributed by atoms with Gasteiger partial charge in [-0.05, 0) is 68.0 Å². The molecular weight excluding hydrogens is 543 g/mol. The van der Waals surface area contributed by atoms with Crippen LogP contribution in [0.5, 0.6) is 11.8 Å². The van der Waals surface area contributed by atoms with Crippen molar-refractivity contribution in [3.8, 4) is 29.1 Å². The zero-order chi connectivity index (χ0) is 28.7. The van der Waals surface area contributed by atoms with Crippen LogP contribution in [-0.2, 0) is 22.7 Å². The van der Waals surface area contributed by atoms with Crippen LogP contribution in [0.4, 0.5) is 18.9 Å². The van der Waals surface area contributed by atoms with Gasteiger partial charge in [0.1, 0.15) is 11.8 Å². The minimum atomic E-state index is -4.64. The van der Waals surface area contributed by atoms with E-state index in [0.29, 0.717) is 46.7 Å². The van der Waals surface area contributed by atoms with Crippen molar-refractivity contribution in [3.05, 3.63) is 65.5 Å². The summed E-state index contributed by atoms with van der Waals surface area (Å²) in [6.45, 7) is 4.28. The Hall–Kier alpha value is -4.11. The molecule has 0 unspecified atom stereocenters. The number of aryl methyl sites for hydroxylation is 1. The molecule has 5 rings (SSSR count). The third-order valence-corrected chi connectivity index (χ3v) is 8.14. The summed E-state index contributed by atoms with van der Waals surface area (Å²) in [5.74, 6) is 0.672. The molecule has 2 heterocycles. The molecule has 2 aromatic carbocycles. The van der Waals surface area contributed by atoms with E-state index in [9.17, 15) is 26.9 Å². The van der Waals surface area contributed by atoms with Crippen molar-refractivity contribution in [3.63, 3.8) is 0 Å². The largest absolute Gasteiger partial charge is 0.433 e. The molecule has 208 valence electrons. The Morgan fingerprint density at radius 1 is 1.18 bits per heavy atom. The second kappa shape index (κ2) is 10.5. The highest BCUT2D eigenvalue weighted by Crippen LogP contribution is 2.41. The number of hydrogen-bond acceptors (Lipinski definition) is 6. The summed E-state index contributed by atoms with van der Waals surface area (Å²) in [6.07, 6.45) is -1.06. The summed E-state index contributed by atoms with van der Waals surface area (Å²) in [5, 5.41) is 10.9. The Balaban J connectivity index is 1.58. The van der Waals surface area contributed by atoms with E-state index in [2.05, 4.69) is 20.8 Å². The van der Waals surface area contributed by atoms with Gasteiger partial charge >= 0.3 is 12.2 Å². The van der Waals surface area contributed by atoms with E-state index in [-0.39, 0.29) is 11.5 Å². The molecule has 1 aliphatic rings. The second-order valence-electron chi connectivity index (χ2n) is 9.84. The minimum Gasteiger partial charge on any atom is -0.424 e. The van der Waals surface area contributed by atoms with Gasteiger partial charge in [-0.25, -0.2) is 13.4 Å². The summed E-state index contributed by atoms with van der Waals surface area (Å²) in [7, 11) is -3.46. The SMILES string of the molecule is CCCS(=O)(=O)Nc1ccc(-c2c(C#N)c3ccc(Oc4nccc(C(F)(F)F)n4)cc3n2CC2CC2)c(C)c1. The van der Waals surface area contributed by atoms with Crippen LogP contribution in [-0.4, -0.2) is 28.7 Å². The molecule has 0 bridgehead atoms. The number of halogens is 3. The fraction of sp³-hybridized carbons (Fsp3) is 0.321. The van der Waals surface area contributed by atoms with Crippen molar-refractivity contribution in [2.75, 3.05) is 10.5 Å². The van der Waals surface area contributed by atoms with Crippen LogP contribution in [0.25, 0.3) is 22.2 Å². The van der Waals surface area contributed by atoms with Crippen molar-refractivity contribution in [2.45, 2.75) is 45.8 Å². The molecule has 40 heavy (non-hydrogen) atoms. The number of alkyl halides is 3. The van der Waals surface area contributed by atoms with E-state index in [0.717, 1.165) is 36.2 Å². The Morgan fingerprint density at radius 3 is 2.60 bits per heavy atom. The number of fused-ring (bicyclic) bond motifs is 1. The maximum atomic E-state index is 13.1. The maximum absolute atomic E-state index is 13.1. The van der Waals surface area contributed by atoms with Crippen molar-refractivity contribution in [1.29, 1.82) is 5.26 Å². The molecule has 2 aromatic heterocycles. The lowest BCUT2D eigenvalue weighted by Crippen LogP contribution is -2.16. The highest BCUT2D eigenvalue weighted by molar-refractivity contribution is 7.92. The summed E-state index contributed by atoms with van der Waals surface area (Å²) in [6, 6.07) is 12.8. The van der Waals surface area contributed by atoms with Gasteiger partial charge in [0.25, 0.3) is 0 Å². The number of nitrogens with one attached hydrogen (secondary N) is 1. The number of aromatic nitrogens is 3. The van der Waals surface area contributed by atoms with Gasteiger partial charge in [0.15, 0.2) is 5.69 Å². The molecule has 0 aliphatic heterocycles. The molecule has 1 saturated carbocycles. The zero-order valence-corrected chi connectivity index (χ0v) is 22.6. The van der Waals surface area contributed by atoms with E-state index in [1.165, 1.54) is 0 Å². The highest BCUT2D eigenvalue weighted by atomic mass is 32.2. The summed E-state index contributed by atoms with van der Waals surface area (Å²) >= 11 is 0. The van der Waals surface area contributed by atoms with Gasteiger partial charge in [-0.2, -0.15) is 23.4 Å². The standard InChI is InChI=1S/C28H26F3N5O3S/c1-3-12-40(37,38)35-19-6-8-21(17(2)13-19)26-23(15-32)22-9-7-20(14-24(22)36(26)16-18-4-5-18)39-27-33-11-10-25(34-27)28(29,30)31/h6-11,13-14,18,35H,3-5,12,16H2,1-2H3. The van der Waals surface area contributed by atoms with Crippen LogP contribution in [0.3, 0.4) is 0 Å². The van der Waals surface area contributed by atoms with E-state index in [1.807, 2.05) is 11.5 Å². The number of nitrogens with zero attached hydrogens (tertiary/aromatic N) is 4. The average Bonchev–Trinajstić information content (AvgIpc) is 3.65. The van der Waals surface area contributed by atoms with Crippen LogP contribution < -0.4 is 9.46 Å². The summed E-state index contributed by atoms with van der Waals surface area (Å²) in [5.41, 5.74) is 2.71. The molecule has 0 radical (unpaired) electrons. The molecular formula is C28H26F3N5O3S. The van der Waals surface area contributed by atoms with E-state index in [1.54, 1.807) is 43.3 Å². The summed E-state index contributed by atoms with van der Waals surface area (Å²) < 4.78 is 74.1. The monoisotopic (exact) mass is 569 g/mol. The second-order valence-corrected chi connectivity index (χ2v) is 11.7. The normalized spacial score (nSPS) is 13.8. The zero-order valence-electron chi connectivity index (χ0n) is 21.8. The first-order chi connectivity index (χ1) is 19.0. The lowest BCUT2D eigenvalue weighted by Gasteiger charge is -2.15. The van der Waals surface area contributed by atoms with E-state index in [4.69, 9.17) is 4.74 Å². The highest BCUT2D eigenvalue weighted by Gasteiger charge is 2.33.